The number of amides is 1. The fourth-order valence-corrected chi connectivity index (χ4v) is 6.04. The minimum Gasteiger partial charge on any atom is -0.457 e. The number of aliphatic hydroxyl groups is 1. The molecular weight excluding hydrogens is 542 g/mol. The quantitative estimate of drug-likeness (QED) is 0.244. The Morgan fingerprint density at radius 3 is 2.56 bits per heavy atom. The number of carbonyl (C=O) groups excluding carboxylic acids is 2. The predicted octanol–water partition coefficient (Wildman–Crippen LogP) is 6.04. The number of hydrogen-bond donors (Lipinski definition) is 1. The summed E-state index contributed by atoms with van der Waals surface area (Å²) in [6.07, 6.45) is 14.9. The molecule has 0 bridgehead atoms. The predicted molar refractivity (Wildman–Crippen MR) is 168 cm³/mol. The number of nitrogens with zero attached hydrogens (tertiary/aromatic N) is 3. The van der Waals surface area contributed by atoms with Crippen molar-refractivity contribution in [3.8, 4) is 0 Å². The molecule has 1 aliphatic carbocycles. The summed E-state index contributed by atoms with van der Waals surface area (Å²) in [5.74, 6) is -0.307. The Labute approximate surface area is 257 Å². The van der Waals surface area contributed by atoms with Crippen LogP contribution in [0.25, 0.3) is 0 Å². The van der Waals surface area contributed by atoms with E-state index >= 15 is 0 Å². The topological polar surface area (TPSA) is 92.2 Å². The molecule has 1 saturated heterocycles. The first-order chi connectivity index (χ1) is 20.5. The lowest BCUT2D eigenvalue weighted by Gasteiger charge is -2.43. The van der Waals surface area contributed by atoms with E-state index in [9.17, 15) is 14.7 Å². The van der Waals surface area contributed by atoms with Crippen molar-refractivity contribution in [1.82, 2.24) is 14.8 Å². The SMILES string of the molecule is C/C(=C\C=C\[C@@H](C)c1ccccn1)[C@H]1OC(=O)C[C@H](C)CC[C@@](C)(O)[C@@H](OC(=O)N2CCN(C3CCC3)CC2)/C=C/[C@@H]1C. The van der Waals surface area contributed by atoms with Crippen LogP contribution in [0, 0.1) is 11.8 Å². The third-order valence-electron chi connectivity index (χ3n) is 9.35. The molecular formula is C35H51N3O5. The molecule has 43 heavy (non-hydrogen) atoms. The second-order valence-electron chi connectivity index (χ2n) is 13.1. The molecule has 1 amide bonds. The molecule has 3 heterocycles. The van der Waals surface area contributed by atoms with E-state index in [4.69, 9.17) is 9.47 Å². The zero-order valence-corrected chi connectivity index (χ0v) is 26.7. The van der Waals surface area contributed by atoms with Gasteiger partial charge in [0, 0.05) is 62.4 Å². The molecule has 0 radical (unpaired) electrons. The van der Waals surface area contributed by atoms with Gasteiger partial charge in [0.15, 0.2) is 6.10 Å². The van der Waals surface area contributed by atoms with Crippen LogP contribution in [0.2, 0.25) is 0 Å². The van der Waals surface area contributed by atoms with Gasteiger partial charge in [-0.05, 0) is 69.2 Å². The number of allylic oxidation sites excluding steroid dienone is 3. The van der Waals surface area contributed by atoms with Crippen LogP contribution >= 0.6 is 0 Å². The maximum Gasteiger partial charge on any atom is 0.410 e. The van der Waals surface area contributed by atoms with Crippen molar-refractivity contribution in [3.63, 3.8) is 0 Å². The van der Waals surface area contributed by atoms with Gasteiger partial charge in [-0.2, -0.15) is 0 Å². The second kappa shape index (κ2) is 15.2. The average molecular weight is 594 g/mol. The molecule has 4 rings (SSSR count). The molecule has 8 nitrogen and oxygen atoms in total. The van der Waals surface area contributed by atoms with Crippen molar-refractivity contribution in [2.75, 3.05) is 26.2 Å². The van der Waals surface area contributed by atoms with Crippen LogP contribution in [0.5, 0.6) is 0 Å². The molecule has 3 aliphatic rings. The number of piperazine rings is 1. The summed E-state index contributed by atoms with van der Waals surface area (Å²) < 4.78 is 12.0. The highest BCUT2D eigenvalue weighted by Gasteiger charge is 2.37. The minimum atomic E-state index is -1.28. The highest BCUT2D eigenvalue weighted by Crippen LogP contribution is 2.30. The maximum absolute atomic E-state index is 13.3. The number of rotatable bonds is 6. The number of pyridine rings is 1. The largest absolute Gasteiger partial charge is 0.457 e. The van der Waals surface area contributed by atoms with Gasteiger partial charge >= 0.3 is 12.1 Å². The van der Waals surface area contributed by atoms with Gasteiger partial charge in [-0.1, -0.05) is 57.6 Å². The lowest BCUT2D eigenvalue weighted by Crippen LogP contribution is -2.54. The molecule has 1 N–H and O–H groups in total. The smallest absolute Gasteiger partial charge is 0.410 e. The van der Waals surface area contributed by atoms with E-state index in [1.54, 1.807) is 24.1 Å². The van der Waals surface area contributed by atoms with E-state index in [0.29, 0.717) is 32.0 Å². The third kappa shape index (κ3) is 9.26. The maximum atomic E-state index is 13.3. The summed E-state index contributed by atoms with van der Waals surface area (Å²) in [7, 11) is 0. The Bertz CT molecular complexity index is 1150. The first-order valence-corrected chi connectivity index (χ1v) is 16.1. The van der Waals surface area contributed by atoms with Crippen LogP contribution in [0.4, 0.5) is 4.79 Å². The van der Waals surface area contributed by atoms with Crippen LogP contribution in [0.1, 0.15) is 84.8 Å². The standard InChI is InChI=1S/C35H51N3O5/c1-25-17-18-35(5,41)31(42-34(40)38-22-20-37(21-23-38)29-12-9-13-29)16-15-28(4)33(43-32(39)24-25)27(3)11-8-10-26(2)30-14-6-7-19-36-30/h6-8,10-11,14-16,19,25-26,28-29,31,33,41H,9,12-13,17-18,20-24H2,1-5H3/b10-8+,16-15+,27-11+/t25-,26-,28+,31+,33-,35-/m1/s1. The van der Waals surface area contributed by atoms with Crippen LogP contribution in [0.3, 0.4) is 0 Å². The first kappa shape index (κ1) is 32.9. The molecule has 8 heteroatoms. The zero-order valence-electron chi connectivity index (χ0n) is 26.7. The number of carbonyl (C=O) groups is 2. The van der Waals surface area contributed by atoms with Crippen molar-refractivity contribution >= 4 is 12.1 Å². The number of esters is 1. The number of cyclic esters (lactones) is 1. The van der Waals surface area contributed by atoms with E-state index < -0.39 is 17.8 Å². The Morgan fingerprint density at radius 2 is 1.91 bits per heavy atom. The van der Waals surface area contributed by atoms with Gasteiger partial charge in [0.05, 0.1) is 0 Å². The van der Waals surface area contributed by atoms with E-state index in [-0.39, 0.29) is 36.2 Å². The molecule has 2 aliphatic heterocycles. The van der Waals surface area contributed by atoms with Gasteiger partial charge in [-0.15, -0.1) is 0 Å². The summed E-state index contributed by atoms with van der Waals surface area (Å²) in [5, 5.41) is 11.5. The molecule has 1 aromatic rings. The van der Waals surface area contributed by atoms with E-state index in [0.717, 1.165) is 24.4 Å². The van der Waals surface area contributed by atoms with Crippen molar-refractivity contribution in [2.24, 2.45) is 11.8 Å². The summed E-state index contributed by atoms with van der Waals surface area (Å²) in [4.78, 5) is 34.9. The third-order valence-corrected chi connectivity index (χ3v) is 9.35. The van der Waals surface area contributed by atoms with Gasteiger partial charge < -0.3 is 19.5 Å². The molecule has 236 valence electrons. The Morgan fingerprint density at radius 1 is 1.16 bits per heavy atom. The highest BCUT2D eigenvalue weighted by atomic mass is 16.6. The lowest BCUT2D eigenvalue weighted by atomic mass is 9.87. The molecule has 0 aromatic carbocycles. The van der Waals surface area contributed by atoms with E-state index in [1.165, 1.54) is 19.3 Å². The van der Waals surface area contributed by atoms with E-state index in [2.05, 4.69) is 22.9 Å². The monoisotopic (exact) mass is 593 g/mol. The fraction of sp³-hybridized carbons (Fsp3) is 0.629. The van der Waals surface area contributed by atoms with Crippen molar-refractivity contribution < 1.29 is 24.2 Å². The highest BCUT2D eigenvalue weighted by molar-refractivity contribution is 5.70. The van der Waals surface area contributed by atoms with Crippen LogP contribution in [-0.2, 0) is 14.3 Å². The van der Waals surface area contributed by atoms with Crippen LogP contribution in [0.15, 0.2) is 60.3 Å². The van der Waals surface area contributed by atoms with Crippen molar-refractivity contribution in [3.05, 3.63) is 66.0 Å². The molecule has 2 fully saturated rings. The molecule has 1 saturated carbocycles. The van der Waals surface area contributed by atoms with Gasteiger partial charge in [0.2, 0.25) is 0 Å². The zero-order chi connectivity index (χ0) is 31.0. The van der Waals surface area contributed by atoms with Gasteiger partial charge in [0.25, 0.3) is 0 Å². The summed E-state index contributed by atoms with van der Waals surface area (Å²) >= 11 is 0. The lowest BCUT2D eigenvalue weighted by molar-refractivity contribution is -0.150. The van der Waals surface area contributed by atoms with Crippen LogP contribution in [-0.4, -0.2) is 82.0 Å². The number of aromatic nitrogens is 1. The Kier molecular flexibility index (Phi) is 11.6. The number of hydrogen-bond acceptors (Lipinski definition) is 7. The first-order valence-electron chi connectivity index (χ1n) is 16.1. The molecule has 0 unspecified atom stereocenters. The Hall–Kier alpha value is -2.97. The normalized spacial score (nSPS) is 31.8. The van der Waals surface area contributed by atoms with Gasteiger partial charge in [0.1, 0.15) is 11.7 Å². The number of ether oxygens (including phenoxy) is 2. The van der Waals surface area contributed by atoms with Gasteiger partial charge in [-0.25, -0.2) is 4.79 Å². The summed E-state index contributed by atoms with van der Waals surface area (Å²) in [5.41, 5.74) is 0.617. The summed E-state index contributed by atoms with van der Waals surface area (Å²) in [6, 6.07) is 6.54. The summed E-state index contributed by atoms with van der Waals surface area (Å²) in [6.45, 7) is 12.7. The molecule has 0 spiro atoms. The molecule has 6 atom stereocenters. The molecule has 1 aromatic heterocycles. The van der Waals surface area contributed by atoms with Crippen LogP contribution < -0.4 is 0 Å². The van der Waals surface area contributed by atoms with E-state index in [1.807, 2.05) is 57.2 Å². The Balaban J connectivity index is 1.48. The minimum absolute atomic E-state index is 0.0117. The van der Waals surface area contributed by atoms with Gasteiger partial charge in [-0.3, -0.25) is 14.7 Å². The second-order valence-corrected chi connectivity index (χ2v) is 13.1. The average Bonchev–Trinajstić information content (AvgIpc) is 2.96. The fourth-order valence-electron chi connectivity index (χ4n) is 6.04. The van der Waals surface area contributed by atoms with Crippen molar-refractivity contribution in [1.29, 1.82) is 0 Å². The van der Waals surface area contributed by atoms with Crippen molar-refractivity contribution in [2.45, 2.75) is 103 Å².